The number of esters is 1. The molecule has 130 valence electrons. The third-order valence-corrected chi connectivity index (χ3v) is 3.56. The van der Waals surface area contributed by atoms with Crippen LogP contribution in [0.3, 0.4) is 0 Å². The highest BCUT2D eigenvalue weighted by Crippen LogP contribution is 2.25. The number of hydrogen-bond donors (Lipinski definition) is 2. The fraction of sp³-hybridized carbons (Fsp3) is 0.250. The van der Waals surface area contributed by atoms with E-state index in [1.807, 2.05) is 0 Å². The summed E-state index contributed by atoms with van der Waals surface area (Å²) in [6.45, 7) is 3.69. The van der Waals surface area contributed by atoms with Crippen LogP contribution in [0.5, 0.6) is 5.88 Å². The molecule has 0 aliphatic carbocycles. The second kappa shape index (κ2) is 6.71. The first-order chi connectivity index (χ1) is 12.0. The van der Waals surface area contributed by atoms with Gasteiger partial charge in [0.15, 0.2) is 5.65 Å². The molecule has 0 saturated heterocycles. The third kappa shape index (κ3) is 3.35. The minimum absolute atomic E-state index is 0.244. The third-order valence-electron chi connectivity index (χ3n) is 3.56. The number of pyridine rings is 1. The van der Waals surface area contributed by atoms with Crippen molar-refractivity contribution < 1.29 is 19.0 Å². The van der Waals surface area contributed by atoms with Gasteiger partial charge in [0.1, 0.15) is 17.2 Å². The first-order valence-corrected chi connectivity index (χ1v) is 7.62. The van der Waals surface area contributed by atoms with Crippen LogP contribution in [0.2, 0.25) is 0 Å². The summed E-state index contributed by atoms with van der Waals surface area (Å²) in [6.07, 6.45) is 3.95. The number of aromatic hydroxyl groups is 1. The van der Waals surface area contributed by atoms with Gasteiger partial charge in [-0.15, -0.1) is 0 Å². The van der Waals surface area contributed by atoms with Crippen molar-refractivity contribution in [2.24, 2.45) is 0 Å². The van der Waals surface area contributed by atoms with Crippen molar-refractivity contribution >= 4 is 17.4 Å². The fourth-order valence-corrected chi connectivity index (χ4v) is 2.37. The van der Waals surface area contributed by atoms with Crippen LogP contribution < -0.4 is 5.32 Å². The van der Waals surface area contributed by atoms with E-state index in [1.54, 1.807) is 26.1 Å². The molecule has 3 aromatic rings. The van der Waals surface area contributed by atoms with Crippen molar-refractivity contribution in [1.82, 2.24) is 19.6 Å². The largest absolute Gasteiger partial charge is 0.493 e. The Morgan fingerprint density at radius 1 is 1.48 bits per heavy atom. The quantitative estimate of drug-likeness (QED) is 0.684. The Kier molecular flexibility index (Phi) is 4.46. The van der Waals surface area contributed by atoms with Gasteiger partial charge in [-0.05, 0) is 26.0 Å². The summed E-state index contributed by atoms with van der Waals surface area (Å²) >= 11 is 0. The molecule has 0 aromatic carbocycles. The van der Waals surface area contributed by atoms with E-state index in [0.29, 0.717) is 17.0 Å². The van der Waals surface area contributed by atoms with E-state index < -0.39 is 17.8 Å². The second-order valence-electron chi connectivity index (χ2n) is 5.29. The van der Waals surface area contributed by atoms with E-state index in [4.69, 9.17) is 4.74 Å². The monoisotopic (exact) mass is 345 g/mol. The number of ether oxygens (including phenoxy) is 1. The molecule has 3 rings (SSSR count). The van der Waals surface area contributed by atoms with Crippen LogP contribution in [0.1, 0.15) is 35.8 Å². The molecule has 25 heavy (non-hydrogen) atoms. The Labute approximate surface area is 142 Å². The Balaban J connectivity index is 1.90. The van der Waals surface area contributed by atoms with Crippen LogP contribution in [0, 0.1) is 5.82 Å². The number of carbonyl (C=O) groups is 1. The first-order valence-electron chi connectivity index (χ1n) is 7.62. The predicted molar refractivity (Wildman–Crippen MR) is 86.8 cm³/mol. The highest BCUT2D eigenvalue weighted by Gasteiger charge is 2.17. The number of hydrogen-bond acceptors (Lipinski definition) is 7. The van der Waals surface area contributed by atoms with Crippen molar-refractivity contribution in [2.45, 2.75) is 19.9 Å². The van der Waals surface area contributed by atoms with Crippen LogP contribution in [0.4, 0.5) is 10.2 Å². The van der Waals surface area contributed by atoms with Gasteiger partial charge in [0.2, 0.25) is 5.88 Å². The highest BCUT2D eigenvalue weighted by atomic mass is 19.1. The molecular weight excluding hydrogens is 329 g/mol. The van der Waals surface area contributed by atoms with E-state index >= 15 is 0 Å². The molecule has 8 nitrogen and oxygen atoms in total. The molecule has 9 heteroatoms. The van der Waals surface area contributed by atoms with Gasteiger partial charge in [-0.25, -0.2) is 23.7 Å². The van der Waals surface area contributed by atoms with Crippen molar-refractivity contribution in [3.05, 3.63) is 47.7 Å². The number of rotatable bonds is 5. The molecule has 3 aromatic heterocycles. The molecule has 0 unspecified atom stereocenters. The lowest BCUT2D eigenvalue weighted by atomic mass is 10.1. The van der Waals surface area contributed by atoms with Gasteiger partial charge in [0.05, 0.1) is 25.0 Å². The predicted octanol–water partition coefficient (Wildman–Crippen LogP) is 2.32. The molecule has 3 heterocycles. The Morgan fingerprint density at radius 3 is 3.04 bits per heavy atom. The fourth-order valence-electron chi connectivity index (χ4n) is 2.37. The summed E-state index contributed by atoms with van der Waals surface area (Å²) in [5, 5.41) is 16.9. The van der Waals surface area contributed by atoms with Gasteiger partial charge in [-0.2, -0.15) is 5.10 Å². The Bertz CT molecular complexity index is 927. The Hall–Kier alpha value is -3.23. The minimum Gasteiger partial charge on any atom is -0.493 e. The van der Waals surface area contributed by atoms with Crippen LogP contribution in [0.15, 0.2) is 30.7 Å². The van der Waals surface area contributed by atoms with Gasteiger partial charge in [-0.3, -0.25) is 0 Å². The van der Waals surface area contributed by atoms with Gasteiger partial charge in [0.25, 0.3) is 0 Å². The number of carbonyl (C=O) groups excluding carboxylic acids is 1. The molecule has 0 spiro atoms. The summed E-state index contributed by atoms with van der Waals surface area (Å²) in [5.74, 6) is -0.902. The zero-order chi connectivity index (χ0) is 18.0. The number of fused-ring (bicyclic) bond motifs is 1. The summed E-state index contributed by atoms with van der Waals surface area (Å²) in [4.78, 5) is 19.9. The number of anilines is 1. The van der Waals surface area contributed by atoms with Gasteiger partial charge in [-0.1, -0.05) is 0 Å². The summed E-state index contributed by atoms with van der Waals surface area (Å²) in [5.41, 5.74) is 0.867. The van der Waals surface area contributed by atoms with Gasteiger partial charge < -0.3 is 15.2 Å². The molecule has 2 N–H and O–H groups in total. The molecule has 0 radical (unpaired) electrons. The highest BCUT2D eigenvalue weighted by molar-refractivity contribution is 5.95. The Morgan fingerprint density at radius 2 is 2.28 bits per heavy atom. The number of nitrogens with zero attached hydrogens (tertiary/aromatic N) is 4. The molecule has 0 fully saturated rings. The van der Waals surface area contributed by atoms with Gasteiger partial charge in [0, 0.05) is 11.8 Å². The smallest absolute Gasteiger partial charge is 0.343 e. The molecular formula is C16H16FN5O3. The average Bonchev–Trinajstić information content (AvgIpc) is 3.00. The molecule has 0 saturated carbocycles. The van der Waals surface area contributed by atoms with Crippen molar-refractivity contribution in [3.8, 4) is 5.88 Å². The maximum absolute atomic E-state index is 13.3. The van der Waals surface area contributed by atoms with Crippen LogP contribution >= 0.6 is 0 Å². The van der Waals surface area contributed by atoms with E-state index in [2.05, 4.69) is 20.4 Å². The molecule has 1 atom stereocenters. The lowest BCUT2D eigenvalue weighted by Crippen LogP contribution is -2.10. The van der Waals surface area contributed by atoms with Crippen molar-refractivity contribution in [2.75, 3.05) is 11.9 Å². The van der Waals surface area contributed by atoms with Crippen LogP contribution in [-0.4, -0.2) is 37.3 Å². The SMILES string of the molecule is CCOC(=O)c1cnn2ccc(N[C@H](C)c3cc(F)cnc3O)nc12. The lowest BCUT2D eigenvalue weighted by molar-refractivity contribution is 0.0528. The van der Waals surface area contributed by atoms with Crippen molar-refractivity contribution in [1.29, 1.82) is 0 Å². The molecule has 0 aliphatic rings. The summed E-state index contributed by atoms with van der Waals surface area (Å²) in [6, 6.07) is 2.38. The van der Waals surface area contributed by atoms with Crippen LogP contribution in [-0.2, 0) is 4.74 Å². The van der Waals surface area contributed by atoms with E-state index in [0.717, 1.165) is 6.20 Å². The van der Waals surface area contributed by atoms with Gasteiger partial charge >= 0.3 is 5.97 Å². The zero-order valence-electron chi connectivity index (χ0n) is 13.6. The zero-order valence-corrected chi connectivity index (χ0v) is 13.6. The van der Waals surface area contributed by atoms with E-state index in [-0.39, 0.29) is 18.1 Å². The van der Waals surface area contributed by atoms with E-state index in [9.17, 15) is 14.3 Å². The van der Waals surface area contributed by atoms with E-state index in [1.165, 1.54) is 16.8 Å². The lowest BCUT2D eigenvalue weighted by Gasteiger charge is -2.15. The topological polar surface area (TPSA) is 102 Å². The number of aromatic nitrogens is 4. The number of halogens is 1. The normalized spacial score (nSPS) is 12.1. The minimum atomic E-state index is -0.551. The summed E-state index contributed by atoms with van der Waals surface area (Å²) in [7, 11) is 0. The maximum Gasteiger partial charge on any atom is 0.343 e. The molecule has 0 aliphatic heterocycles. The van der Waals surface area contributed by atoms with Crippen LogP contribution in [0.25, 0.3) is 5.65 Å². The number of nitrogens with one attached hydrogen (secondary N) is 1. The summed E-state index contributed by atoms with van der Waals surface area (Å²) < 4.78 is 19.8. The second-order valence-corrected chi connectivity index (χ2v) is 5.29. The average molecular weight is 345 g/mol. The molecule has 0 bridgehead atoms. The maximum atomic E-state index is 13.3. The first kappa shape index (κ1) is 16.6. The standard InChI is InChI=1S/C16H16FN5O3/c1-3-25-16(24)12-8-19-22-5-4-13(21-14(12)22)20-9(2)11-6-10(17)7-18-15(11)23/h4-9H,3H2,1-2H3,(H,18,23)(H,20,21)/t9-/m1/s1. The molecule has 0 amide bonds. The van der Waals surface area contributed by atoms with Crippen molar-refractivity contribution in [3.63, 3.8) is 0 Å².